The minimum absolute atomic E-state index is 0.846. The van der Waals surface area contributed by atoms with Crippen LogP contribution in [0, 0.1) is 0 Å². The standard InChI is InChI=1S/C8H13N5/c1-2-8(9-3-1)10-4-6-13-7-5-11-12-13/h5,7H,1-4,6H2,(H,9,10). The molecule has 13 heavy (non-hydrogen) atoms. The number of nitrogens with zero attached hydrogens (tertiary/aromatic N) is 4. The van der Waals surface area contributed by atoms with E-state index in [-0.39, 0.29) is 0 Å². The summed E-state index contributed by atoms with van der Waals surface area (Å²) in [5.41, 5.74) is 0. The summed E-state index contributed by atoms with van der Waals surface area (Å²) in [6, 6.07) is 0. The third-order valence-electron chi connectivity index (χ3n) is 2.02. The molecule has 2 rings (SSSR count). The highest BCUT2D eigenvalue weighted by molar-refractivity contribution is 5.83. The molecule has 0 amide bonds. The molecule has 1 aromatic rings. The Morgan fingerprint density at radius 2 is 2.54 bits per heavy atom. The van der Waals surface area contributed by atoms with Crippen molar-refractivity contribution in [3.8, 4) is 0 Å². The summed E-state index contributed by atoms with van der Waals surface area (Å²) in [5.74, 6) is 1.14. The smallest absolute Gasteiger partial charge is 0.0964 e. The Morgan fingerprint density at radius 1 is 1.54 bits per heavy atom. The zero-order valence-corrected chi connectivity index (χ0v) is 7.48. The Hall–Kier alpha value is -1.39. The van der Waals surface area contributed by atoms with Crippen LogP contribution in [0.25, 0.3) is 0 Å². The highest BCUT2D eigenvalue weighted by Crippen LogP contribution is 2.00. The fourth-order valence-electron chi connectivity index (χ4n) is 1.35. The van der Waals surface area contributed by atoms with E-state index >= 15 is 0 Å². The van der Waals surface area contributed by atoms with E-state index in [4.69, 9.17) is 0 Å². The van der Waals surface area contributed by atoms with Crippen LogP contribution < -0.4 is 5.32 Å². The van der Waals surface area contributed by atoms with Gasteiger partial charge in [-0.3, -0.25) is 9.67 Å². The summed E-state index contributed by atoms with van der Waals surface area (Å²) in [4.78, 5) is 4.31. The first-order valence-electron chi connectivity index (χ1n) is 4.56. The van der Waals surface area contributed by atoms with Crippen LogP contribution in [0.3, 0.4) is 0 Å². The Kier molecular flexibility index (Phi) is 2.54. The van der Waals surface area contributed by atoms with E-state index < -0.39 is 0 Å². The third-order valence-corrected chi connectivity index (χ3v) is 2.02. The molecule has 0 saturated carbocycles. The monoisotopic (exact) mass is 179 g/mol. The van der Waals surface area contributed by atoms with Gasteiger partial charge in [-0.15, -0.1) is 5.10 Å². The lowest BCUT2D eigenvalue weighted by Crippen LogP contribution is -2.25. The number of aliphatic imine (C=N–C) groups is 1. The lowest BCUT2D eigenvalue weighted by Gasteiger charge is -2.04. The predicted molar refractivity (Wildman–Crippen MR) is 49.6 cm³/mol. The summed E-state index contributed by atoms with van der Waals surface area (Å²) in [7, 11) is 0. The van der Waals surface area contributed by atoms with Crippen molar-refractivity contribution in [2.24, 2.45) is 4.99 Å². The zero-order valence-electron chi connectivity index (χ0n) is 7.48. The van der Waals surface area contributed by atoms with Crippen LogP contribution >= 0.6 is 0 Å². The van der Waals surface area contributed by atoms with Gasteiger partial charge in [0.15, 0.2) is 0 Å². The number of hydrogen-bond acceptors (Lipinski definition) is 4. The molecule has 1 aromatic heterocycles. The van der Waals surface area contributed by atoms with E-state index in [1.54, 1.807) is 6.20 Å². The summed E-state index contributed by atoms with van der Waals surface area (Å²) >= 11 is 0. The first-order chi connectivity index (χ1) is 6.45. The summed E-state index contributed by atoms with van der Waals surface area (Å²) < 4.78 is 1.81. The van der Waals surface area contributed by atoms with E-state index in [0.29, 0.717) is 0 Å². The molecular formula is C8H13N5. The molecule has 5 heteroatoms. The van der Waals surface area contributed by atoms with Crippen molar-refractivity contribution < 1.29 is 0 Å². The minimum Gasteiger partial charge on any atom is -0.372 e. The molecule has 5 nitrogen and oxygen atoms in total. The van der Waals surface area contributed by atoms with E-state index in [1.807, 2.05) is 10.9 Å². The maximum Gasteiger partial charge on any atom is 0.0964 e. The van der Waals surface area contributed by atoms with Gasteiger partial charge in [-0.1, -0.05) is 5.21 Å². The molecule has 0 aliphatic carbocycles. The largest absolute Gasteiger partial charge is 0.372 e. The Bertz CT molecular complexity index is 277. The van der Waals surface area contributed by atoms with Gasteiger partial charge in [0.05, 0.1) is 18.6 Å². The van der Waals surface area contributed by atoms with Gasteiger partial charge >= 0.3 is 0 Å². The summed E-state index contributed by atoms with van der Waals surface area (Å²) in [6.45, 7) is 2.70. The van der Waals surface area contributed by atoms with Crippen LogP contribution in [0.2, 0.25) is 0 Å². The molecule has 1 aliphatic rings. The normalized spacial score (nSPS) is 15.8. The number of hydrogen-bond donors (Lipinski definition) is 1. The van der Waals surface area contributed by atoms with Crippen molar-refractivity contribution in [2.45, 2.75) is 19.4 Å². The van der Waals surface area contributed by atoms with Gasteiger partial charge in [-0.05, 0) is 6.42 Å². The second-order valence-corrected chi connectivity index (χ2v) is 3.02. The van der Waals surface area contributed by atoms with E-state index in [1.165, 1.54) is 6.42 Å². The molecule has 0 fully saturated rings. The van der Waals surface area contributed by atoms with Gasteiger partial charge in [0.25, 0.3) is 0 Å². The van der Waals surface area contributed by atoms with Gasteiger partial charge < -0.3 is 5.32 Å². The molecule has 0 aromatic carbocycles. The minimum atomic E-state index is 0.846. The van der Waals surface area contributed by atoms with Gasteiger partial charge in [0, 0.05) is 25.7 Å². The molecule has 0 unspecified atom stereocenters. The lowest BCUT2D eigenvalue weighted by molar-refractivity contribution is 0.579. The van der Waals surface area contributed by atoms with Crippen LogP contribution in [0.15, 0.2) is 17.4 Å². The lowest BCUT2D eigenvalue weighted by atomic mass is 10.3. The van der Waals surface area contributed by atoms with E-state index in [0.717, 1.165) is 31.9 Å². The number of nitrogens with one attached hydrogen (secondary N) is 1. The molecule has 70 valence electrons. The molecule has 1 N–H and O–H groups in total. The predicted octanol–water partition coefficient (Wildman–Crippen LogP) is 0.0600. The van der Waals surface area contributed by atoms with Gasteiger partial charge in [-0.2, -0.15) is 0 Å². The zero-order chi connectivity index (χ0) is 8.93. The third kappa shape index (κ3) is 2.27. The maximum atomic E-state index is 4.31. The molecule has 0 spiro atoms. The van der Waals surface area contributed by atoms with Crippen molar-refractivity contribution in [1.82, 2.24) is 20.3 Å². The Morgan fingerprint density at radius 3 is 3.23 bits per heavy atom. The van der Waals surface area contributed by atoms with Crippen LogP contribution in [-0.2, 0) is 6.54 Å². The summed E-state index contributed by atoms with van der Waals surface area (Å²) in [5, 5.41) is 10.9. The molecular weight excluding hydrogens is 166 g/mol. The first-order valence-corrected chi connectivity index (χ1v) is 4.56. The second-order valence-electron chi connectivity index (χ2n) is 3.02. The van der Waals surface area contributed by atoms with Crippen molar-refractivity contribution in [1.29, 1.82) is 0 Å². The molecule has 0 radical (unpaired) electrons. The van der Waals surface area contributed by atoms with Crippen molar-refractivity contribution >= 4 is 5.84 Å². The fourth-order valence-corrected chi connectivity index (χ4v) is 1.35. The first kappa shape index (κ1) is 8.22. The molecule has 2 heterocycles. The molecule has 0 atom stereocenters. The van der Waals surface area contributed by atoms with Crippen LogP contribution in [0.5, 0.6) is 0 Å². The maximum absolute atomic E-state index is 4.31. The van der Waals surface area contributed by atoms with Gasteiger partial charge in [0.1, 0.15) is 0 Å². The topological polar surface area (TPSA) is 55.1 Å². The Balaban J connectivity index is 1.69. The van der Waals surface area contributed by atoms with Crippen molar-refractivity contribution in [3.63, 3.8) is 0 Å². The molecule has 0 bridgehead atoms. The quantitative estimate of drug-likeness (QED) is 0.713. The number of amidine groups is 1. The average Bonchev–Trinajstić information content (AvgIpc) is 2.75. The molecule has 0 saturated heterocycles. The SMILES string of the molecule is c1cn(CCNC2=NCCC2)nn1. The van der Waals surface area contributed by atoms with Gasteiger partial charge in [0.2, 0.25) is 0 Å². The van der Waals surface area contributed by atoms with Crippen LogP contribution in [0.4, 0.5) is 0 Å². The second kappa shape index (κ2) is 4.02. The molecule has 1 aliphatic heterocycles. The van der Waals surface area contributed by atoms with Gasteiger partial charge in [-0.25, -0.2) is 0 Å². The Labute approximate surface area is 76.9 Å². The van der Waals surface area contributed by atoms with Crippen molar-refractivity contribution in [3.05, 3.63) is 12.4 Å². The highest BCUT2D eigenvalue weighted by atomic mass is 15.4. The number of aromatic nitrogens is 3. The fraction of sp³-hybridized carbons (Fsp3) is 0.625. The van der Waals surface area contributed by atoms with Crippen LogP contribution in [-0.4, -0.2) is 33.9 Å². The average molecular weight is 179 g/mol. The number of rotatable bonds is 3. The highest BCUT2D eigenvalue weighted by Gasteiger charge is 2.04. The van der Waals surface area contributed by atoms with Crippen LogP contribution in [0.1, 0.15) is 12.8 Å². The summed E-state index contributed by atoms with van der Waals surface area (Å²) in [6.07, 6.45) is 5.83. The van der Waals surface area contributed by atoms with E-state index in [9.17, 15) is 0 Å². The van der Waals surface area contributed by atoms with Crippen molar-refractivity contribution in [2.75, 3.05) is 13.1 Å². The van der Waals surface area contributed by atoms with E-state index in [2.05, 4.69) is 20.6 Å².